The summed E-state index contributed by atoms with van der Waals surface area (Å²) in [6, 6.07) is 1.48. The van der Waals surface area contributed by atoms with E-state index in [9.17, 15) is 4.79 Å². The molecule has 3 unspecified atom stereocenters. The Kier molecular flexibility index (Phi) is 2.89. The third-order valence-electron chi connectivity index (χ3n) is 3.75. The number of rotatable bonds is 4. The lowest BCUT2D eigenvalue weighted by atomic mass is 10.0. The van der Waals surface area contributed by atoms with E-state index >= 15 is 0 Å². The molecule has 1 aromatic rings. The second kappa shape index (κ2) is 4.57. The van der Waals surface area contributed by atoms with E-state index < -0.39 is 5.97 Å². The Bertz CT molecular complexity index is 540. The summed E-state index contributed by atoms with van der Waals surface area (Å²) >= 11 is 0. The van der Waals surface area contributed by atoms with Crippen LogP contribution >= 0.6 is 0 Å². The smallest absolute Gasteiger partial charge is 0.337 e. The number of hydrogen-bond acceptors (Lipinski definition) is 4. The lowest BCUT2D eigenvalue weighted by molar-refractivity contribution is 0.0695. The van der Waals surface area contributed by atoms with Crippen LogP contribution in [0.5, 0.6) is 11.6 Å². The summed E-state index contributed by atoms with van der Waals surface area (Å²) in [6.45, 7) is 0. The second-order valence-corrected chi connectivity index (χ2v) is 4.97. The summed E-state index contributed by atoms with van der Waals surface area (Å²) in [5, 5.41) is 8.99. The molecule has 2 aliphatic rings. The summed E-state index contributed by atoms with van der Waals surface area (Å²) in [4.78, 5) is 14.9. The zero-order valence-corrected chi connectivity index (χ0v) is 10.6. The van der Waals surface area contributed by atoms with E-state index in [4.69, 9.17) is 14.6 Å². The molecule has 0 spiro atoms. The van der Waals surface area contributed by atoms with E-state index in [1.54, 1.807) is 0 Å². The fourth-order valence-electron chi connectivity index (χ4n) is 2.82. The van der Waals surface area contributed by atoms with Crippen LogP contribution < -0.4 is 9.47 Å². The molecule has 1 saturated carbocycles. The molecule has 3 rings (SSSR count). The molecule has 3 atom stereocenters. The van der Waals surface area contributed by atoms with Crippen molar-refractivity contribution in [3.05, 3.63) is 30.0 Å². The lowest BCUT2D eigenvalue weighted by Crippen LogP contribution is -2.22. The molecule has 5 heteroatoms. The van der Waals surface area contributed by atoms with Crippen molar-refractivity contribution in [2.45, 2.75) is 18.9 Å². The SMILES string of the molecule is COc1ncc(C(=O)O)cc1OC1CC2C=CC1C2. The lowest BCUT2D eigenvalue weighted by Gasteiger charge is -2.21. The molecule has 5 nitrogen and oxygen atoms in total. The third kappa shape index (κ3) is 2.16. The first-order chi connectivity index (χ1) is 9.17. The fourth-order valence-corrected chi connectivity index (χ4v) is 2.82. The predicted molar refractivity (Wildman–Crippen MR) is 67.5 cm³/mol. The number of hydrogen-bond donors (Lipinski definition) is 1. The number of aromatic carboxylic acids is 1. The average molecular weight is 261 g/mol. The number of allylic oxidation sites excluding steroid dienone is 1. The maximum atomic E-state index is 11.0. The number of methoxy groups -OCH3 is 1. The molecule has 19 heavy (non-hydrogen) atoms. The molecule has 0 aromatic carbocycles. The number of ether oxygens (including phenoxy) is 2. The van der Waals surface area contributed by atoms with Crippen LogP contribution in [0.25, 0.3) is 0 Å². The highest BCUT2D eigenvalue weighted by atomic mass is 16.5. The maximum absolute atomic E-state index is 11.0. The van der Waals surface area contributed by atoms with Gasteiger partial charge in [0.2, 0.25) is 0 Å². The van der Waals surface area contributed by atoms with Crippen LogP contribution in [0, 0.1) is 11.8 Å². The van der Waals surface area contributed by atoms with E-state index in [2.05, 4.69) is 17.1 Å². The van der Waals surface area contributed by atoms with Gasteiger partial charge in [0.05, 0.1) is 12.7 Å². The van der Waals surface area contributed by atoms with Crippen LogP contribution in [0.1, 0.15) is 23.2 Å². The van der Waals surface area contributed by atoms with Crippen LogP contribution in [0.2, 0.25) is 0 Å². The van der Waals surface area contributed by atoms with Crippen molar-refractivity contribution < 1.29 is 19.4 Å². The minimum absolute atomic E-state index is 0.0924. The van der Waals surface area contributed by atoms with Crippen molar-refractivity contribution in [2.24, 2.45) is 11.8 Å². The third-order valence-corrected chi connectivity index (χ3v) is 3.75. The highest BCUT2D eigenvalue weighted by molar-refractivity contribution is 5.87. The van der Waals surface area contributed by atoms with E-state index in [0.29, 0.717) is 23.5 Å². The summed E-state index contributed by atoms with van der Waals surface area (Å²) in [7, 11) is 1.50. The van der Waals surface area contributed by atoms with Crippen molar-refractivity contribution in [2.75, 3.05) is 7.11 Å². The van der Waals surface area contributed by atoms with Gasteiger partial charge in [0, 0.05) is 18.2 Å². The number of carboxylic acid groups (broad SMARTS) is 1. The number of carboxylic acids is 1. The van der Waals surface area contributed by atoms with Gasteiger partial charge in [-0.25, -0.2) is 9.78 Å². The maximum Gasteiger partial charge on any atom is 0.337 e. The molecule has 0 amide bonds. The molecule has 100 valence electrons. The van der Waals surface area contributed by atoms with Gasteiger partial charge in [-0.3, -0.25) is 0 Å². The van der Waals surface area contributed by atoms with Crippen molar-refractivity contribution in [3.8, 4) is 11.6 Å². The van der Waals surface area contributed by atoms with Crippen LogP contribution in [0.3, 0.4) is 0 Å². The first-order valence-electron chi connectivity index (χ1n) is 6.29. The second-order valence-electron chi connectivity index (χ2n) is 4.97. The summed E-state index contributed by atoms with van der Waals surface area (Å²) in [5.74, 6) is 0.734. The molecular weight excluding hydrogens is 246 g/mol. The fraction of sp³-hybridized carbons (Fsp3) is 0.429. The molecule has 0 saturated heterocycles. The minimum atomic E-state index is -1.02. The van der Waals surface area contributed by atoms with E-state index in [1.165, 1.54) is 19.4 Å². The molecule has 1 heterocycles. The van der Waals surface area contributed by atoms with Crippen molar-refractivity contribution in [3.63, 3.8) is 0 Å². The standard InChI is InChI=1S/C14H15NO4/c1-18-13-12(6-10(7-15-13)14(16)17)19-11-5-8-2-3-9(11)4-8/h2-3,6-9,11H,4-5H2,1H3,(H,16,17). The highest BCUT2D eigenvalue weighted by Crippen LogP contribution is 2.42. The Morgan fingerprint density at radius 2 is 2.26 bits per heavy atom. The van der Waals surface area contributed by atoms with Gasteiger partial charge in [-0.2, -0.15) is 0 Å². The largest absolute Gasteiger partial charge is 0.484 e. The van der Waals surface area contributed by atoms with Gasteiger partial charge in [-0.15, -0.1) is 0 Å². The summed E-state index contributed by atoms with van der Waals surface area (Å²) in [5.41, 5.74) is 0.106. The Hall–Kier alpha value is -2.04. The molecular formula is C14H15NO4. The summed E-state index contributed by atoms with van der Waals surface area (Å²) in [6.07, 6.45) is 7.87. The average Bonchev–Trinajstić information content (AvgIpc) is 3.01. The van der Waals surface area contributed by atoms with Crippen molar-refractivity contribution in [1.82, 2.24) is 4.98 Å². The number of pyridine rings is 1. The summed E-state index contributed by atoms with van der Waals surface area (Å²) < 4.78 is 11.0. The number of aromatic nitrogens is 1. The number of fused-ring (bicyclic) bond motifs is 2. The zero-order chi connectivity index (χ0) is 13.4. The van der Waals surface area contributed by atoms with Gasteiger partial charge in [-0.05, 0) is 18.8 Å². The molecule has 1 aromatic heterocycles. The first kappa shape index (κ1) is 12.0. The van der Waals surface area contributed by atoms with Crippen LogP contribution in [0.15, 0.2) is 24.4 Å². The van der Waals surface area contributed by atoms with Gasteiger partial charge >= 0.3 is 5.97 Å². The van der Waals surface area contributed by atoms with E-state index in [-0.39, 0.29) is 11.7 Å². The Morgan fingerprint density at radius 3 is 2.84 bits per heavy atom. The number of nitrogens with zero attached hydrogens (tertiary/aromatic N) is 1. The predicted octanol–water partition coefficient (Wildman–Crippen LogP) is 2.13. The van der Waals surface area contributed by atoms with Gasteiger partial charge < -0.3 is 14.6 Å². The van der Waals surface area contributed by atoms with Crippen LogP contribution in [0.4, 0.5) is 0 Å². The molecule has 0 radical (unpaired) electrons. The topological polar surface area (TPSA) is 68.7 Å². The van der Waals surface area contributed by atoms with Gasteiger partial charge in [-0.1, -0.05) is 12.2 Å². The molecule has 1 N–H and O–H groups in total. The van der Waals surface area contributed by atoms with Gasteiger partial charge in [0.1, 0.15) is 6.10 Å². The van der Waals surface area contributed by atoms with Crippen LogP contribution in [-0.2, 0) is 0 Å². The van der Waals surface area contributed by atoms with Gasteiger partial charge in [0.15, 0.2) is 5.75 Å². The molecule has 1 fully saturated rings. The molecule has 0 aliphatic heterocycles. The quantitative estimate of drug-likeness (QED) is 0.841. The highest BCUT2D eigenvalue weighted by Gasteiger charge is 2.37. The molecule has 2 bridgehead atoms. The van der Waals surface area contributed by atoms with Crippen molar-refractivity contribution in [1.29, 1.82) is 0 Å². The van der Waals surface area contributed by atoms with Gasteiger partial charge in [0.25, 0.3) is 5.88 Å². The molecule has 2 aliphatic carbocycles. The Balaban J connectivity index is 1.84. The Morgan fingerprint density at radius 1 is 1.42 bits per heavy atom. The zero-order valence-electron chi connectivity index (χ0n) is 10.6. The van der Waals surface area contributed by atoms with E-state index in [1.807, 2.05) is 0 Å². The van der Waals surface area contributed by atoms with E-state index in [0.717, 1.165) is 12.8 Å². The first-order valence-corrected chi connectivity index (χ1v) is 6.29. The van der Waals surface area contributed by atoms with Crippen molar-refractivity contribution >= 4 is 5.97 Å². The Labute approximate surface area is 110 Å². The normalized spacial score (nSPS) is 27.5. The minimum Gasteiger partial charge on any atom is -0.484 e. The number of carbonyl (C=O) groups is 1. The monoisotopic (exact) mass is 261 g/mol. The van der Waals surface area contributed by atoms with Crippen LogP contribution in [-0.4, -0.2) is 29.3 Å².